The fourth-order valence-electron chi connectivity index (χ4n) is 7.46. The highest BCUT2D eigenvalue weighted by Crippen LogP contribution is 2.53. The average molecular weight is 759 g/mol. The van der Waals surface area contributed by atoms with E-state index in [2.05, 4.69) is 16.0 Å². The van der Waals surface area contributed by atoms with Gasteiger partial charge in [-0.15, -0.1) is 0 Å². The van der Waals surface area contributed by atoms with Crippen LogP contribution < -0.4 is 25.4 Å². The van der Waals surface area contributed by atoms with Crippen molar-refractivity contribution in [2.45, 2.75) is 58.5 Å². The Labute approximate surface area is 324 Å². The lowest BCUT2D eigenvalue weighted by Gasteiger charge is -2.39. The van der Waals surface area contributed by atoms with Crippen LogP contribution in [0.3, 0.4) is 0 Å². The Morgan fingerprint density at radius 1 is 0.857 bits per heavy atom. The number of ether oxygens (including phenoxy) is 3. The van der Waals surface area contributed by atoms with E-state index in [0.29, 0.717) is 52.5 Å². The smallest absolute Gasteiger partial charge is 0.319 e. The van der Waals surface area contributed by atoms with Gasteiger partial charge >= 0.3 is 12.0 Å². The largest absolute Gasteiger partial charge is 0.456 e. The number of anilines is 2. The Morgan fingerprint density at radius 3 is 2.09 bits per heavy atom. The van der Waals surface area contributed by atoms with Gasteiger partial charge in [0.1, 0.15) is 17.2 Å². The highest BCUT2D eigenvalue weighted by Gasteiger charge is 2.46. The second-order valence-electron chi connectivity index (χ2n) is 14.3. The minimum absolute atomic E-state index is 0.0525. The van der Waals surface area contributed by atoms with Crippen molar-refractivity contribution < 1.29 is 43.0 Å². The van der Waals surface area contributed by atoms with Gasteiger partial charge in [0.2, 0.25) is 5.91 Å². The zero-order chi connectivity index (χ0) is 40.2. The molecule has 5 amide bonds. The second kappa shape index (κ2) is 15.9. The quantitative estimate of drug-likeness (QED) is 0.0451. The predicted octanol–water partition coefficient (Wildman–Crippen LogP) is 6.54. The van der Waals surface area contributed by atoms with Crippen LogP contribution in [-0.2, 0) is 39.7 Å². The van der Waals surface area contributed by atoms with Gasteiger partial charge in [0.25, 0.3) is 18.3 Å². The number of hydrogen-bond acceptors (Lipinski definition) is 9. The molecule has 4 aromatic carbocycles. The molecule has 0 aromatic heterocycles. The molecule has 1 unspecified atom stereocenters. The molecule has 6 rings (SSSR count). The number of aryl methyl sites for hydroxylation is 2. The maximum Gasteiger partial charge on any atom is 0.319 e. The van der Waals surface area contributed by atoms with Crippen molar-refractivity contribution in [2.75, 3.05) is 23.7 Å². The summed E-state index contributed by atoms with van der Waals surface area (Å²) in [6.07, 6.45) is 2.83. The van der Waals surface area contributed by atoms with Gasteiger partial charge in [-0.1, -0.05) is 50.2 Å². The Morgan fingerprint density at radius 2 is 1.48 bits per heavy atom. The monoisotopic (exact) mass is 758 g/mol. The number of amides is 5. The minimum atomic E-state index is -1.45. The number of nitrogens with zero attached hydrogens (tertiary/aromatic N) is 1. The van der Waals surface area contributed by atoms with Gasteiger partial charge in [-0.25, -0.2) is 4.79 Å². The molecule has 0 fully saturated rings. The first-order chi connectivity index (χ1) is 26.7. The highest BCUT2D eigenvalue weighted by atomic mass is 16.5. The summed E-state index contributed by atoms with van der Waals surface area (Å²) < 4.78 is 18.0. The fraction of sp³-hybridized carbons (Fsp3) is 0.256. The number of fused-ring (bicyclic) bond motifs is 2. The predicted molar refractivity (Wildman–Crippen MR) is 207 cm³/mol. The molecule has 2 heterocycles. The number of urea groups is 1. The lowest BCUT2D eigenvalue weighted by molar-refractivity contribution is -0.138. The van der Waals surface area contributed by atoms with Gasteiger partial charge in [-0.05, 0) is 61.7 Å². The van der Waals surface area contributed by atoms with Gasteiger partial charge in [0.05, 0.1) is 0 Å². The van der Waals surface area contributed by atoms with Crippen LogP contribution in [0, 0.1) is 13.8 Å². The van der Waals surface area contributed by atoms with Crippen LogP contribution >= 0.6 is 0 Å². The molecule has 2 aliphatic rings. The molecule has 13 nitrogen and oxygen atoms in total. The van der Waals surface area contributed by atoms with Crippen molar-refractivity contribution in [3.8, 4) is 17.2 Å². The number of esters is 1. The first-order valence-electron chi connectivity index (χ1n) is 18.0. The molecule has 3 N–H and O–H groups in total. The van der Waals surface area contributed by atoms with Crippen molar-refractivity contribution >= 4 is 47.6 Å². The Bertz CT molecular complexity index is 2250. The van der Waals surface area contributed by atoms with Crippen LogP contribution in [0.25, 0.3) is 0 Å². The summed E-state index contributed by atoms with van der Waals surface area (Å²) >= 11 is 0. The Balaban J connectivity index is 1.25. The normalized spacial score (nSPS) is 15.6. The van der Waals surface area contributed by atoms with Gasteiger partial charge in [0, 0.05) is 89.8 Å². The van der Waals surface area contributed by atoms with Crippen LogP contribution in [-0.4, -0.2) is 54.2 Å². The molecule has 13 heteroatoms. The van der Waals surface area contributed by atoms with Gasteiger partial charge < -0.3 is 30.2 Å². The molecule has 288 valence electrons. The lowest BCUT2D eigenvalue weighted by Crippen LogP contribution is -2.36. The van der Waals surface area contributed by atoms with Crippen LogP contribution in [0.2, 0.25) is 0 Å². The summed E-state index contributed by atoms with van der Waals surface area (Å²) in [6.45, 7) is 9.74. The summed E-state index contributed by atoms with van der Waals surface area (Å²) in [5, 5.41) is 8.46. The van der Waals surface area contributed by atoms with Crippen LogP contribution in [0.15, 0.2) is 91.0 Å². The first-order valence-corrected chi connectivity index (χ1v) is 18.0. The third-order valence-electron chi connectivity index (χ3n) is 9.61. The summed E-state index contributed by atoms with van der Waals surface area (Å²) in [5.74, 6) is -0.523. The Kier molecular flexibility index (Phi) is 11.1. The number of hydrogen-bond donors (Lipinski definition) is 3. The van der Waals surface area contributed by atoms with Crippen LogP contribution in [0.4, 0.5) is 16.2 Å². The molecule has 0 spiro atoms. The second-order valence-corrected chi connectivity index (χ2v) is 14.3. The summed E-state index contributed by atoms with van der Waals surface area (Å²) in [6, 6.07) is 22.5. The number of nitrogens with one attached hydrogen (secondary N) is 3. The lowest BCUT2D eigenvalue weighted by atomic mass is 9.77. The summed E-state index contributed by atoms with van der Waals surface area (Å²) in [5.41, 5.74) is 2.83. The van der Waals surface area contributed by atoms with E-state index < -0.39 is 23.0 Å². The fourth-order valence-corrected chi connectivity index (χ4v) is 7.46. The molecular formula is C43H42N4O9. The molecule has 2 aliphatic heterocycles. The average Bonchev–Trinajstić information content (AvgIpc) is 3.45. The number of benzene rings is 4. The minimum Gasteiger partial charge on any atom is -0.456 e. The van der Waals surface area contributed by atoms with Crippen molar-refractivity contribution in [3.63, 3.8) is 0 Å². The van der Waals surface area contributed by atoms with Gasteiger partial charge in [0.15, 0.2) is 5.60 Å². The van der Waals surface area contributed by atoms with Gasteiger partial charge in [-0.2, -0.15) is 0 Å². The molecular weight excluding hydrogens is 716 g/mol. The van der Waals surface area contributed by atoms with E-state index in [1.165, 1.54) is 19.1 Å². The van der Waals surface area contributed by atoms with E-state index in [0.717, 1.165) is 21.6 Å². The summed E-state index contributed by atoms with van der Waals surface area (Å²) in [4.78, 5) is 75.4. The van der Waals surface area contributed by atoms with Crippen molar-refractivity contribution in [3.05, 3.63) is 124 Å². The van der Waals surface area contributed by atoms with Crippen molar-refractivity contribution in [2.24, 2.45) is 0 Å². The molecule has 0 aliphatic carbocycles. The standard InChI is InChI=1S/C43H42N4O9/c1-26-20-27(2)40(36(21-26)55-28(3)49)42(4,5)24-37(50)45-30-12-14-32-34(22-30)56-35-23-31(46-41(53)44-18-9-19-47-38(51)16-17-39(47)52)13-15-33(35)43(32,54-25-48)29-10-7-6-8-11-29/h6-8,10-17,20-23,25H,9,18-19,24H2,1-5H3,(H,45,50)(H2,44,46,53). The Hall–Kier alpha value is -6.76. The first kappa shape index (κ1) is 38.9. The van der Waals surface area contributed by atoms with Crippen LogP contribution in [0.1, 0.15) is 67.0 Å². The van der Waals surface area contributed by atoms with Crippen LogP contribution in [0.5, 0.6) is 17.2 Å². The van der Waals surface area contributed by atoms with Crippen molar-refractivity contribution in [1.29, 1.82) is 0 Å². The topological polar surface area (TPSA) is 169 Å². The van der Waals surface area contributed by atoms with E-state index in [1.807, 2.05) is 64.1 Å². The number of rotatable bonds is 13. The van der Waals surface area contributed by atoms with E-state index in [-0.39, 0.29) is 43.0 Å². The maximum absolute atomic E-state index is 13.7. The number of imide groups is 1. The van der Waals surface area contributed by atoms with E-state index in [4.69, 9.17) is 14.2 Å². The van der Waals surface area contributed by atoms with Gasteiger partial charge in [-0.3, -0.25) is 28.9 Å². The SMILES string of the molecule is CC(=O)Oc1cc(C)cc(C)c1C(C)(C)CC(=O)Nc1ccc2c(c1)Oc1cc(NC(=O)NCCCN3C(=O)C=CC3=O)ccc1C2(OC=O)c1ccccc1. The molecule has 56 heavy (non-hydrogen) atoms. The zero-order valence-electron chi connectivity index (χ0n) is 31.7. The summed E-state index contributed by atoms with van der Waals surface area (Å²) in [7, 11) is 0. The molecule has 0 saturated carbocycles. The highest BCUT2D eigenvalue weighted by molar-refractivity contribution is 6.12. The number of carbonyl (C=O) groups is 6. The van der Waals surface area contributed by atoms with E-state index in [1.54, 1.807) is 42.5 Å². The molecule has 1 atom stereocenters. The number of carbonyl (C=O) groups excluding carboxylic acids is 6. The molecule has 4 aromatic rings. The molecule has 0 saturated heterocycles. The third kappa shape index (κ3) is 8.02. The molecule has 0 bridgehead atoms. The van der Waals surface area contributed by atoms with E-state index >= 15 is 0 Å². The van der Waals surface area contributed by atoms with E-state index in [9.17, 15) is 28.8 Å². The maximum atomic E-state index is 13.7. The zero-order valence-corrected chi connectivity index (χ0v) is 31.7. The molecule has 0 radical (unpaired) electrons. The van der Waals surface area contributed by atoms with Crippen molar-refractivity contribution in [1.82, 2.24) is 10.2 Å². The third-order valence-corrected chi connectivity index (χ3v) is 9.61.